The van der Waals surface area contributed by atoms with Gasteiger partial charge in [-0.15, -0.1) is 0 Å². The molecule has 0 saturated heterocycles. The summed E-state index contributed by atoms with van der Waals surface area (Å²) in [6.45, 7) is 12.2. The Labute approximate surface area is 211 Å². The lowest BCUT2D eigenvalue weighted by molar-refractivity contribution is -0.116. The number of hydrogen-bond acceptors (Lipinski definition) is 7. The van der Waals surface area contributed by atoms with E-state index in [4.69, 9.17) is 13.9 Å². The van der Waals surface area contributed by atoms with Gasteiger partial charge < -0.3 is 29.8 Å². The third-order valence-corrected chi connectivity index (χ3v) is 5.23. The molecule has 0 aliphatic carbocycles. The van der Waals surface area contributed by atoms with Crippen LogP contribution in [-0.4, -0.2) is 36.2 Å². The van der Waals surface area contributed by atoms with Gasteiger partial charge in [-0.2, -0.15) is 4.98 Å². The van der Waals surface area contributed by atoms with Crippen molar-refractivity contribution in [2.24, 2.45) is 0 Å². The summed E-state index contributed by atoms with van der Waals surface area (Å²) in [7, 11) is 1.55. The lowest BCUT2D eigenvalue weighted by atomic mass is 9.87. The van der Waals surface area contributed by atoms with E-state index in [-0.39, 0.29) is 17.7 Å². The van der Waals surface area contributed by atoms with Crippen molar-refractivity contribution >= 4 is 40.5 Å². The molecular weight excluding hydrogens is 460 g/mol. The van der Waals surface area contributed by atoms with Crippen LogP contribution in [0.4, 0.5) is 22.2 Å². The zero-order valence-corrected chi connectivity index (χ0v) is 22.1. The van der Waals surface area contributed by atoms with Gasteiger partial charge in [0.2, 0.25) is 5.91 Å². The fourth-order valence-corrected chi connectivity index (χ4v) is 3.41. The average Bonchev–Trinajstić information content (AvgIpc) is 3.17. The summed E-state index contributed by atoms with van der Waals surface area (Å²) in [5, 5.41) is 8.64. The van der Waals surface area contributed by atoms with Crippen LogP contribution in [0.25, 0.3) is 11.1 Å². The van der Waals surface area contributed by atoms with Gasteiger partial charge in [0.15, 0.2) is 5.58 Å². The minimum Gasteiger partial charge on any atom is -0.494 e. The SMILES string of the molecule is COc1cc(NC(=O)CCCNC(=O)OC(C)(C)C)ccc1Nc1nc2cc(C(C)(C)C)ccc2o1. The van der Waals surface area contributed by atoms with Crippen molar-refractivity contribution in [3.05, 3.63) is 42.0 Å². The van der Waals surface area contributed by atoms with E-state index in [1.54, 1.807) is 46.1 Å². The second-order valence-corrected chi connectivity index (χ2v) is 10.6. The average molecular weight is 497 g/mol. The Balaban J connectivity index is 1.57. The quantitative estimate of drug-likeness (QED) is 0.322. The molecule has 3 aromatic rings. The lowest BCUT2D eigenvalue weighted by Crippen LogP contribution is -2.33. The second-order valence-electron chi connectivity index (χ2n) is 10.6. The number of aromatic nitrogens is 1. The van der Waals surface area contributed by atoms with Crippen LogP contribution in [0.2, 0.25) is 0 Å². The van der Waals surface area contributed by atoms with Crippen LogP contribution >= 0.6 is 0 Å². The van der Waals surface area contributed by atoms with Crippen molar-refractivity contribution in [2.75, 3.05) is 24.3 Å². The third kappa shape index (κ3) is 7.63. The highest BCUT2D eigenvalue weighted by Crippen LogP contribution is 2.32. The Morgan fingerprint density at radius 2 is 1.78 bits per heavy atom. The van der Waals surface area contributed by atoms with E-state index in [9.17, 15) is 9.59 Å². The van der Waals surface area contributed by atoms with Crippen LogP contribution < -0.4 is 20.7 Å². The van der Waals surface area contributed by atoms with Gasteiger partial charge >= 0.3 is 6.09 Å². The number of nitrogens with zero attached hydrogens (tertiary/aromatic N) is 1. The number of carbonyl (C=O) groups is 2. The maximum atomic E-state index is 12.3. The van der Waals surface area contributed by atoms with E-state index in [0.29, 0.717) is 41.7 Å². The first kappa shape index (κ1) is 26.8. The third-order valence-electron chi connectivity index (χ3n) is 5.23. The van der Waals surface area contributed by atoms with Crippen molar-refractivity contribution in [3.63, 3.8) is 0 Å². The molecule has 0 fully saturated rings. The molecule has 2 amide bonds. The second kappa shape index (κ2) is 10.9. The first-order valence-electron chi connectivity index (χ1n) is 12.0. The van der Waals surface area contributed by atoms with Gasteiger partial charge in [0.25, 0.3) is 6.01 Å². The number of alkyl carbamates (subject to hydrolysis) is 1. The fourth-order valence-electron chi connectivity index (χ4n) is 3.41. The summed E-state index contributed by atoms with van der Waals surface area (Å²) in [5.74, 6) is 0.356. The summed E-state index contributed by atoms with van der Waals surface area (Å²) < 4.78 is 16.5. The molecule has 0 bridgehead atoms. The van der Waals surface area contributed by atoms with E-state index in [2.05, 4.69) is 41.7 Å². The standard InChI is InChI=1S/C27H36N4O5/c1-26(2,3)17-10-13-21-20(15-17)31-24(35-21)30-19-12-11-18(16-22(19)34-7)29-23(32)9-8-14-28-25(33)36-27(4,5)6/h10-13,15-16H,8-9,14H2,1-7H3,(H,28,33)(H,29,32)(H,30,31). The van der Waals surface area contributed by atoms with Crippen LogP contribution in [0, 0.1) is 0 Å². The molecule has 0 aliphatic heterocycles. The van der Waals surface area contributed by atoms with Gasteiger partial charge in [-0.3, -0.25) is 4.79 Å². The van der Waals surface area contributed by atoms with Crippen molar-refractivity contribution < 1.29 is 23.5 Å². The summed E-state index contributed by atoms with van der Waals surface area (Å²) in [6.07, 6.45) is 0.234. The van der Waals surface area contributed by atoms with Crippen LogP contribution in [0.15, 0.2) is 40.8 Å². The highest BCUT2D eigenvalue weighted by molar-refractivity contribution is 5.91. The van der Waals surface area contributed by atoms with E-state index in [1.807, 2.05) is 18.2 Å². The van der Waals surface area contributed by atoms with Gasteiger partial charge in [-0.25, -0.2) is 4.79 Å². The van der Waals surface area contributed by atoms with E-state index < -0.39 is 11.7 Å². The number of nitrogens with one attached hydrogen (secondary N) is 3. The zero-order chi connectivity index (χ0) is 26.5. The number of carbonyl (C=O) groups excluding carboxylic acids is 2. The normalized spacial score (nSPS) is 11.8. The van der Waals surface area contributed by atoms with Crippen molar-refractivity contribution in [3.8, 4) is 5.75 Å². The predicted octanol–water partition coefficient (Wildman–Crippen LogP) is 6.12. The highest BCUT2D eigenvalue weighted by atomic mass is 16.6. The summed E-state index contributed by atoms with van der Waals surface area (Å²) >= 11 is 0. The number of oxazole rings is 1. The highest BCUT2D eigenvalue weighted by Gasteiger charge is 2.17. The first-order valence-corrected chi connectivity index (χ1v) is 12.0. The predicted molar refractivity (Wildman–Crippen MR) is 141 cm³/mol. The number of amides is 2. The molecule has 0 saturated carbocycles. The Bertz CT molecular complexity index is 1220. The van der Waals surface area contributed by atoms with E-state index >= 15 is 0 Å². The molecule has 1 aromatic heterocycles. The number of rotatable bonds is 8. The monoisotopic (exact) mass is 496 g/mol. The summed E-state index contributed by atoms with van der Waals surface area (Å²) in [4.78, 5) is 28.6. The van der Waals surface area contributed by atoms with Crippen molar-refractivity contribution in [1.82, 2.24) is 10.3 Å². The van der Waals surface area contributed by atoms with Crippen LogP contribution in [-0.2, 0) is 14.9 Å². The fraction of sp³-hybridized carbons (Fsp3) is 0.444. The molecule has 1 heterocycles. The molecule has 0 radical (unpaired) electrons. The number of benzene rings is 2. The number of anilines is 3. The van der Waals surface area contributed by atoms with E-state index in [0.717, 1.165) is 5.52 Å². The molecule has 2 aromatic carbocycles. The van der Waals surface area contributed by atoms with Crippen molar-refractivity contribution in [2.45, 2.75) is 65.4 Å². The number of hydrogen-bond donors (Lipinski definition) is 3. The molecule has 0 unspecified atom stereocenters. The lowest BCUT2D eigenvalue weighted by Gasteiger charge is -2.19. The maximum absolute atomic E-state index is 12.3. The maximum Gasteiger partial charge on any atom is 0.407 e. The zero-order valence-electron chi connectivity index (χ0n) is 22.1. The Morgan fingerprint density at radius 1 is 1.03 bits per heavy atom. The molecular formula is C27H36N4O5. The van der Waals surface area contributed by atoms with Gasteiger partial charge in [0, 0.05) is 24.7 Å². The molecule has 9 nitrogen and oxygen atoms in total. The summed E-state index contributed by atoms with van der Waals surface area (Å²) in [5.41, 5.74) is 3.34. The molecule has 0 spiro atoms. The van der Waals surface area contributed by atoms with Gasteiger partial charge in [-0.05, 0) is 62.4 Å². The van der Waals surface area contributed by atoms with E-state index in [1.165, 1.54) is 5.56 Å². The minimum atomic E-state index is -0.558. The Kier molecular flexibility index (Phi) is 8.12. The van der Waals surface area contributed by atoms with Crippen LogP contribution in [0.3, 0.4) is 0 Å². The first-order chi connectivity index (χ1) is 16.8. The topological polar surface area (TPSA) is 115 Å². The largest absolute Gasteiger partial charge is 0.494 e. The smallest absolute Gasteiger partial charge is 0.407 e. The number of methoxy groups -OCH3 is 1. The minimum absolute atomic E-state index is 0.0127. The Morgan fingerprint density at radius 3 is 2.44 bits per heavy atom. The number of ether oxygens (including phenoxy) is 2. The molecule has 3 rings (SSSR count). The van der Waals surface area contributed by atoms with Crippen molar-refractivity contribution in [1.29, 1.82) is 0 Å². The Hall–Kier alpha value is -3.75. The van der Waals surface area contributed by atoms with Crippen LogP contribution in [0.5, 0.6) is 5.75 Å². The van der Waals surface area contributed by atoms with Gasteiger partial charge in [-0.1, -0.05) is 26.8 Å². The molecule has 0 aliphatic rings. The molecule has 36 heavy (non-hydrogen) atoms. The van der Waals surface area contributed by atoms with Gasteiger partial charge in [0.1, 0.15) is 16.9 Å². The molecule has 0 atom stereocenters. The molecule has 9 heteroatoms. The van der Waals surface area contributed by atoms with Gasteiger partial charge in [0.05, 0.1) is 12.8 Å². The molecule has 194 valence electrons. The van der Waals surface area contributed by atoms with Crippen LogP contribution in [0.1, 0.15) is 59.9 Å². The molecule has 3 N–H and O–H groups in total. The number of fused-ring (bicyclic) bond motifs is 1. The summed E-state index contributed by atoms with van der Waals surface area (Å²) in [6, 6.07) is 11.6.